The van der Waals surface area contributed by atoms with E-state index in [2.05, 4.69) is 0 Å². The van der Waals surface area contributed by atoms with E-state index >= 15 is 0 Å². The van der Waals surface area contributed by atoms with E-state index in [1.807, 2.05) is 6.07 Å². The lowest BCUT2D eigenvalue weighted by Gasteiger charge is -2.50. The van der Waals surface area contributed by atoms with Crippen molar-refractivity contribution < 1.29 is 14.6 Å². The normalized spacial score (nSPS) is 30.1. The Morgan fingerprint density at radius 1 is 1.44 bits per heavy atom. The topological polar surface area (TPSA) is 96.3 Å². The monoisotopic (exact) mass is 246 g/mol. The van der Waals surface area contributed by atoms with Gasteiger partial charge in [0.25, 0.3) is 0 Å². The molecule has 94 valence electrons. The van der Waals surface area contributed by atoms with Crippen LogP contribution in [-0.2, 0) is 10.3 Å². The standard InChI is InChI=1S/C13H14N2O3/c1-12(17)7-13(8-12,18-11(15)16)10-4-2-9(6-14)3-5-10/h2-5,17H,7-8H2,1H3,(H2,15,16). The molecule has 0 atom stereocenters. The Hall–Kier alpha value is -2.06. The van der Waals surface area contributed by atoms with Gasteiger partial charge in [-0.05, 0) is 24.6 Å². The second-order valence-electron chi connectivity index (χ2n) is 4.96. The van der Waals surface area contributed by atoms with Gasteiger partial charge in [-0.2, -0.15) is 5.26 Å². The molecule has 0 heterocycles. The molecular weight excluding hydrogens is 232 g/mol. The molecule has 0 spiro atoms. The summed E-state index contributed by atoms with van der Waals surface area (Å²) in [5.74, 6) is 0. The lowest BCUT2D eigenvalue weighted by molar-refractivity contribution is -0.175. The molecule has 0 unspecified atom stereocenters. The SMILES string of the molecule is CC1(O)CC(OC(N)=O)(c2ccc(C#N)cc2)C1. The number of rotatable bonds is 2. The molecule has 18 heavy (non-hydrogen) atoms. The smallest absolute Gasteiger partial charge is 0.405 e. The summed E-state index contributed by atoms with van der Waals surface area (Å²) in [6.07, 6.45) is -0.265. The van der Waals surface area contributed by atoms with E-state index in [0.29, 0.717) is 18.4 Å². The first kappa shape index (κ1) is 12.4. The highest BCUT2D eigenvalue weighted by Crippen LogP contribution is 2.50. The van der Waals surface area contributed by atoms with Gasteiger partial charge in [0.1, 0.15) is 5.60 Å². The van der Waals surface area contributed by atoms with Crippen LogP contribution in [0.1, 0.15) is 30.9 Å². The van der Waals surface area contributed by atoms with E-state index < -0.39 is 17.3 Å². The summed E-state index contributed by atoms with van der Waals surface area (Å²) in [5.41, 5.74) is 4.61. The van der Waals surface area contributed by atoms with Crippen molar-refractivity contribution in [1.29, 1.82) is 5.26 Å². The zero-order valence-electron chi connectivity index (χ0n) is 10.0. The third-order valence-corrected chi connectivity index (χ3v) is 3.17. The number of benzene rings is 1. The van der Waals surface area contributed by atoms with Crippen molar-refractivity contribution in [2.45, 2.75) is 31.0 Å². The number of carbonyl (C=O) groups excluding carboxylic acids is 1. The summed E-state index contributed by atoms with van der Waals surface area (Å²) in [6.45, 7) is 1.68. The fraction of sp³-hybridized carbons (Fsp3) is 0.385. The van der Waals surface area contributed by atoms with E-state index in [4.69, 9.17) is 15.7 Å². The fourth-order valence-electron chi connectivity index (χ4n) is 2.55. The largest absolute Gasteiger partial charge is 0.438 e. The van der Waals surface area contributed by atoms with Gasteiger partial charge in [0.2, 0.25) is 0 Å². The van der Waals surface area contributed by atoms with Gasteiger partial charge in [-0.3, -0.25) is 0 Å². The Labute approximate surface area is 105 Å². The number of carbonyl (C=O) groups is 1. The van der Waals surface area contributed by atoms with Gasteiger partial charge in [0.05, 0.1) is 17.2 Å². The molecule has 3 N–H and O–H groups in total. The first-order valence-corrected chi connectivity index (χ1v) is 5.58. The van der Waals surface area contributed by atoms with Crippen LogP contribution in [0.3, 0.4) is 0 Å². The van der Waals surface area contributed by atoms with Crippen LogP contribution >= 0.6 is 0 Å². The Balaban J connectivity index is 2.30. The summed E-state index contributed by atoms with van der Waals surface area (Å²) in [5, 5.41) is 18.6. The predicted octanol–water partition coefficient (Wildman–Crippen LogP) is 1.39. The van der Waals surface area contributed by atoms with Crippen molar-refractivity contribution in [2.75, 3.05) is 0 Å². The maximum atomic E-state index is 11.0. The Morgan fingerprint density at radius 3 is 2.39 bits per heavy atom. The number of hydrogen-bond donors (Lipinski definition) is 2. The molecule has 1 aliphatic carbocycles. The molecule has 0 aromatic heterocycles. The van der Waals surface area contributed by atoms with Crippen molar-refractivity contribution in [1.82, 2.24) is 0 Å². The molecule has 1 aliphatic rings. The number of ether oxygens (including phenoxy) is 1. The second kappa shape index (κ2) is 4.00. The highest BCUT2D eigenvalue weighted by Gasteiger charge is 2.55. The number of hydrogen-bond acceptors (Lipinski definition) is 4. The maximum absolute atomic E-state index is 11.0. The third kappa shape index (κ3) is 2.15. The number of nitriles is 1. The third-order valence-electron chi connectivity index (χ3n) is 3.17. The van der Waals surface area contributed by atoms with E-state index in [9.17, 15) is 9.90 Å². The van der Waals surface area contributed by atoms with Gasteiger partial charge in [0, 0.05) is 12.8 Å². The zero-order chi connectivity index (χ0) is 13.4. The lowest BCUT2D eigenvalue weighted by Crippen LogP contribution is -2.55. The van der Waals surface area contributed by atoms with Gasteiger partial charge < -0.3 is 15.6 Å². The van der Waals surface area contributed by atoms with Crippen LogP contribution in [0.15, 0.2) is 24.3 Å². The maximum Gasteiger partial charge on any atom is 0.405 e. The van der Waals surface area contributed by atoms with Crippen LogP contribution in [0.5, 0.6) is 0 Å². The van der Waals surface area contributed by atoms with Crippen molar-refractivity contribution in [3.63, 3.8) is 0 Å². The van der Waals surface area contributed by atoms with Crippen LogP contribution in [0, 0.1) is 11.3 Å². The number of aliphatic hydroxyl groups is 1. The highest BCUT2D eigenvalue weighted by atomic mass is 16.6. The first-order valence-electron chi connectivity index (χ1n) is 5.58. The number of nitrogens with two attached hydrogens (primary N) is 1. The van der Waals surface area contributed by atoms with E-state index in [-0.39, 0.29) is 0 Å². The van der Waals surface area contributed by atoms with E-state index in [1.165, 1.54) is 0 Å². The molecule has 1 fully saturated rings. The first-order chi connectivity index (χ1) is 8.37. The molecule has 1 aromatic rings. The van der Waals surface area contributed by atoms with E-state index in [1.54, 1.807) is 31.2 Å². The Kier molecular flexibility index (Phi) is 2.76. The number of primary amides is 1. The molecule has 0 saturated heterocycles. The minimum atomic E-state index is -0.872. The minimum Gasteiger partial charge on any atom is -0.438 e. The van der Waals surface area contributed by atoms with Gasteiger partial charge in [0.15, 0.2) is 0 Å². The van der Waals surface area contributed by atoms with Gasteiger partial charge in [-0.25, -0.2) is 4.79 Å². The van der Waals surface area contributed by atoms with Crippen LogP contribution in [-0.4, -0.2) is 16.8 Å². The summed E-state index contributed by atoms with van der Waals surface area (Å²) < 4.78 is 5.16. The van der Waals surface area contributed by atoms with Gasteiger partial charge in [-0.15, -0.1) is 0 Å². The summed E-state index contributed by atoms with van der Waals surface area (Å²) in [7, 11) is 0. The molecule has 2 rings (SSSR count). The molecule has 1 aromatic carbocycles. The predicted molar refractivity (Wildman–Crippen MR) is 63.4 cm³/mol. The molecule has 0 radical (unpaired) electrons. The summed E-state index contributed by atoms with van der Waals surface area (Å²) in [4.78, 5) is 11.0. The van der Waals surface area contributed by atoms with Crippen LogP contribution in [0.25, 0.3) is 0 Å². The van der Waals surface area contributed by atoms with Gasteiger partial charge in [-0.1, -0.05) is 12.1 Å². The average Bonchev–Trinajstić information content (AvgIpc) is 2.25. The number of nitrogens with zero attached hydrogens (tertiary/aromatic N) is 1. The molecule has 0 aliphatic heterocycles. The lowest BCUT2D eigenvalue weighted by atomic mass is 9.65. The molecular formula is C13H14N2O3. The quantitative estimate of drug-likeness (QED) is 0.824. The summed E-state index contributed by atoms with van der Waals surface area (Å²) in [6, 6.07) is 8.75. The van der Waals surface area contributed by atoms with Crippen molar-refractivity contribution in [3.05, 3.63) is 35.4 Å². The molecule has 5 nitrogen and oxygen atoms in total. The number of amides is 1. The van der Waals surface area contributed by atoms with Crippen molar-refractivity contribution in [2.24, 2.45) is 5.73 Å². The zero-order valence-corrected chi connectivity index (χ0v) is 10.0. The summed E-state index contributed by atoms with van der Waals surface area (Å²) >= 11 is 0. The van der Waals surface area contributed by atoms with Crippen LogP contribution in [0.4, 0.5) is 4.79 Å². The molecule has 5 heteroatoms. The highest BCUT2D eigenvalue weighted by molar-refractivity contribution is 5.66. The fourth-order valence-corrected chi connectivity index (χ4v) is 2.55. The Bertz CT molecular complexity index is 506. The van der Waals surface area contributed by atoms with Crippen LogP contribution in [0.2, 0.25) is 0 Å². The molecule has 1 amide bonds. The molecule has 0 bridgehead atoms. The second-order valence-corrected chi connectivity index (χ2v) is 4.96. The van der Waals surface area contributed by atoms with E-state index in [0.717, 1.165) is 5.56 Å². The molecule has 1 saturated carbocycles. The van der Waals surface area contributed by atoms with Crippen molar-refractivity contribution >= 4 is 6.09 Å². The van der Waals surface area contributed by atoms with Crippen molar-refractivity contribution in [3.8, 4) is 6.07 Å². The average molecular weight is 246 g/mol. The van der Waals surface area contributed by atoms with Crippen LogP contribution < -0.4 is 5.73 Å². The Morgan fingerprint density at radius 2 is 2.00 bits per heavy atom. The van der Waals surface area contributed by atoms with Gasteiger partial charge >= 0.3 is 6.09 Å². The minimum absolute atomic E-state index is 0.300.